The van der Waals surface area contributed by atoms with Crippen LogP contribution in [0.4, 0.5) is 0 Å². The minimum absolute atomic E-state index is 0.256. The lowest BCUT2D eigenvalue weighted by Crippen LogP contribution is -2.17. The molecule has 0 aliphatic carbocycles. The average Bonchev–Trinajstić information content (AvgIpc) is 2.77. The van der Waals surface area contributed by atoms with E-state index in [1.165, 1.54) is 10.4 Å². The van der Waals surface area contributed by atoms with Gasteiger partial charge in [-0.3, -0.25) is 0 Å². The summed E-state index contributed by atoms with van der Waals surface area (Å²) >= 11 is 11.2. The van der Waals surface area contributed by atoms with Crippen LogP contribution in [-0.4, -0.2) is 4.98 Å². The van der Waals surface area contributed by atoms with Gasteiger partial charge in [0.15, 0.2) is 0 Å². The minimum atomic E-state index is 0.256. The summed E-state index contributed by atoms with van der Waals surface area (Å²) in [6.07, 6.45) is 1.91. The van der Waals surface area contributed by atoms with Crippen LogP contribution in [0.3, 0.4) is 0 Å². The van der Waals surface area contributed by atoms with Gasteiger partial charge in [0.1, 0.15) is 5.01 Å². The van der Waals surface area contributed by atoms with Crippen LogP contribution in [0.25, 0.3) is 0 Å². The summed E-state index contributed by atoms with van der Waals surface area (Å²) in [4.78, 5) is 5.62. The number of nitrogens with zero attached hydrogens (tertiary/aromatic N) is 1. The van der Waals surface area contributed by atoms with E-state index in [-0.39, 0.29) is 6.04 Å². The molecule has 1 N–H and O–H groups in total. The smallest absolute Gasteiger partial charge is 0.109 e. The summed E-state index contributed by atoms with van der Waals surface area (Å²) in [7, 11) is 0. The fraction of sp³-hybridized carbons (Fsp3) is 0.308. The van der Waals surface area contributed by atoms with E-state index in [1.807, 2.05) is 18.3 Å². The van der Waals surface area contributed by atoms with Crippen LogP contribution in [0.5, 0.6) is 0 Å². The zero-order chi connectivity index (χ0) is 13.1. The molecule has 96 valence electrons. The summed E-state index contributed by atoms with van der Waals surface area (Å²) in [5.41, 5.74) is 1.17. The second-order valence-corrected chi connectivity index (χ2v) is 6.69. The van der Waals surface area contributed by atoms with E-state index in [9.17, 15) is 0 Å². The molecule has 0 aliphatic rings. The van der Waals surface area contributed by atoms with Crippen LogP contribution < -0.4 is 5.32 Å². The second kappa shape index (κ2) is 6.15. The topological polar surface area (TPSA) is 24.9 Å². The molecule has 0 saturated heterocycles. The van der Waals surface area contributed by atoms with Gasteiger partial charge in [0.25, 0.3) is 0 Å². The van der Waals surface area contributed by atoms with Crippen molar-refractivity contribution in [1.82, 2.24) is 10.3 Å². The molecular weight excluding hydrogens is 332 g/mol. The Morgan fingerprint density at radius 2 is 2.28 bits per heavy atom. The lowest BCUT2D eigenvalue weighted by atomic mass is 10.2. The van der Waals surface area contributed by atoms with Crippen molar-refractivity contribution in [3.05, 3.63) is 49.3 Å². The van der Waals surface area contributed by atoms with Crippen molar-refractivity contribution in [3.8, 4) is 0 Å². The summed E-state index contributed by atoms with van der Waals surface area (Å²) in [6, 6.07) is 6.25. The van der Waals surface area contributed by atoms with Crippen LogP contribution in [0.2, 0.25) is 5.02 Å². The molecule has 0 amide bonds. The highest BCUT2D eigenvalue weighted by atomic mass is 79.9. The van der Waals surface area contributed by atoms with Gasteiger partial charge >= 0.3 is 0 Å². The van der Waals surface area contributed by atoms with Crippen molar-refractivity contribution < 1.29 is 0 Å². The summed E-state index contributed by atoms with van der Waals surface area (Å²) in [5.74, 6) is 0. The Labute approximate surface area is 125 Å². The number of hydrogen-bond donors (Lipinski definition) is 1. The molecular formula is C13H14BrClN2S. The van der Waals surface area contributed by atoms with E-state index < -0.39 is 0 Å². The third-order valence-corrected chi connectivity index (χ3v) is 4.93. The lowest BCUT2D eigenvalue weighted by molar-refractivity contribution is 0.572. The number of benzene rings is 1. The van der Waals surface area contributed by atoms with Crippen molar-refractivity contribution in [2.24, 2.45) is 0 Å². The third-order valence-electron chi connectivity index (χ3n) is 2.61. The van der Waals surface area contributed by atoms with Gasteiger partial charge in [0.2, 0.25) is 0 Å². The van der Waals surface area contributed by atoms with Crippen LogP contribution in [-0.2, 0) is 6.54 Å². The molecule has 1 unspecified atom stereocenters. The van der Waals surface area contributed by atoms with E-state index in [0.29, 0.717) is 0 Å². The Morgan fingerprint density at radius 1 is 1.50 bits per heavy atom. The standard InChI is InChI=1S/C13H14BrClN2S/c1-8-6-17-13(18-8)9(2)16-7-10-3-4-11(14)12(15)5-10/h3-6,9,16H,7H2,1-2H3. The molecule has 1 heterocycles. The normalized spacial score (nSPS) is 12.7. The molecule has 1 aromatic heterocycles. The van der Waals surface area contributed by atoms with E-state index in [4.69, 9.17) is 11.6 Å². The Morgan fingerprint density at radius 3 is 2.89 bits per heavy atom. The molecule has 0 spiro atoms. The van der Waals surface area contributed by atoms with Gasteiger partial charge in [0.05, 0.1) is 11.1 Å². The number of rotatable bonds is 4. The average molecular weight is 346 g/mol. The van der Waals surface area contributed by atoms with Crippen molar-refractivity contribution in [1.29, 1.82) is 0 Å². The Balaban J connectivity index is 1.97. The van der Waals surface area contributed by atoms with Gasteiger partial charge in [-0.05, 0) is 47.5 Å². The van der Waals surface area contributed by atoms with E-state index in [0.717, 1.165) is 21.0 Å². The van der Waals surface area contributed by atoms with Crippen molar-refractivity contribution in [2.45, 2.75) is 26.4 Å². The highest BCUT2D eigenvalue weighted by Gasteiger charge is 2.09. The predicted octanol–water partition coefficient (Wildman–Crippen LogP) is 4.72. The second-order valence-electron chi connectivity index (χ2n) is 4.16. The van der Waals surface area contributed by atoms with Gasteiger partial charge < -0.3 is 5.32 Å². The van der Waals surface area contributed by atoms with Crippen LogP contribution in [0.15, 0.2) is 28.9 Å². The first kappa shape index (κ1) is 14.0. The van der Waals surface area contributed by atoms with Crippen LogP contribution >= 0.6 is 38.9 Å². The zero-order valence-corrected chi connectivity index (χ0v) is 13.4. The predicted molar refractivity (Wildman–Crippen MR) is 81.3 cm³/mol. The number of aryl methyl sites for hydroxylation is 1. The summed E-state index contributed by atoms with van der Waals surface area (Å²) in [6.45, 7) is 4.98. The summed E-state index contributed by atoms with van der Waals surface area (Å²) < 4.78 is 0.927. The van der Waals surface area contributed by atoms with E-state index in [2.05, 4.69) is 46.1 Å². The van der Waals surface area contributed by atoms with Gasteiger partial charge in [-0.25, -0.2) is 4.98 Å². The van der Waals surface area contributed by atoms with Gasteiger partial charge in [-0.2, -0.15) is 0 Å². The van der Waals surface area contributed by atoms with E-state index in [1.54, 1.807) is 11.3 Å². The highest BCUT2D eigenvalue weighted by molar-refractivity contribution is 9.10. The lowest BCUT2D eigenvalue weighted by Gasteiger charge is -2.11. The molecule has 0 bridgehead atoms. The molecule has 0 radical (unpaired) electrons. The Bertz CT molecular complexity index is 542. The summed E-state index contributed by atoms with van der Waals surface area (Å²) in [5, 5.41) is 5.31. The molecule has 1 atom stereocenters. The first-order valence-corrected chi connectivity index (χ1v) is 7.64. The van der Waals surface area contributed by atoms with Gasteiger partial charge in [0, 0.05) is 22.1 Å². The number of nitrogens with one attached hydrogen (secondary N) is 1. The number of hydrogen-bond acceptors (Lipinski definition) is 3. The maximum atomic E-state index is 6.06. The maximum absolute atomic E-state index is 6.06. The van der Waals surface area contributed by atoms with E-state index >= 15 is 0 Å². The molecule has 1 aromatic carbocycles. The molecule has 5 heteroatoms. The monoisotopic (exact) mass is 344 g/mol. The minimum Gasteiger partial charge on any atom is -0.304 e. The molecule has 2 aromatic rings. The molecule has 2 nitrogen and oxygen atoms in total. The molecule has 0 aliphatic heterocycles. The third kappa shape index (κ3) is 3.54. The van der Waals surface area contributed by atoms with Gasteiger partial charge in [-0.15, -0.1) is 11.3 Å². The number of thiazole rings is 1. The SMILES string of the molecule is Cc1cnc(C(C)NCc2ccc(Br)c(Cl)c2)s1. The first-order valence-electron chi connectivity index (χ1n) is 5.66. The zero-order valence-electron chi connectivity index (χ0n) is 10.2. The maximum Gasteiger partial charge on any atom is 0.109 e. The highest BCUT2D eigenvalue weighted by Crippen LogP contribution is 2.24. The van der Waals surface area contributed by atoms with Gasteiger partial charge in [-0.1, -0.05) is 17.7 Å². The molecule has 2 rings (SSSR count). The largest absolute Gasteiger partial charge is 0.304 e. The molecule has 18 heavy (non-hydrogen) atoms. The number of halogens is 2. The molecule has 0 fully saturated rings. The van der Waals surface area contributed by atoms with Crippen molar-refractivity contribution in [3.63, 3.8) is 0 Å². The molecule has 0 saturated carbocycles. The quantitative estimate of drug-likeness (QED) is 0.867. The fourth-order valence-electron chi connectivity index (χ4n) is 1.58. The number of aromatic nitrogens is 1. The van der Waals surface area contributed by atoms with Crippen LogP contribution in [0, 0.1) is 6.92 Å². The fourth-order valence-corrected chi connectivity index (χ4v) is 2.83. The first-order chi connectivity index (χ1) is 8.56. The van der Waals surface area contributed by atoms with Crippen molar-refractivity contribution in [2.75, 3.05) is 0 Å². The van der Waals surface area contributed by atoms with Crippen molar-refractivity contribution >= 4 is 38.9 Å². The Kier molecular flexibility index (Phi) is 4.78. The van der Waals surface area contributed by atoms with Crippen LogP contribution in [0.1, 0.15) is 28.4 Å². The Hall–Kier alpha value is -0.420.